The summed E-state index contributed by atoms with van der Waals surface area (Å²) >= 11 is 0. The molecule has 0 saturated carbocycles. The molecule has 0 atom stereocenters. The Labute approximate surface area is 96.0 Å². The molecule has 0 aliphatic carbocycles. The lowest BCUT2D eigenvalue weighted by Crippen LogP contribution is -2.27. The average molecular weight is 237 g/mol. The molecular formula is C12H9F2NO2. The highest BCUT2D eigenvalue weighted by Crippen LogP contribution is 2.38. The van der Waals surface area contributed by atoms with Crippen molar-refractivity contribution >= 4 is 17.4 Å². The Morgan fingerprint density at radius 1 is 1.12 bits per heavy atom. The van der Waals surface area contributed by atoms with Gasteiger partial charge >= 0.3 is 0 Å². The van der Waals surface area contributed by atoms with Gasteiger partial charge in [-0.1, -0.05) is 0 Å². The number of nitrogens with zero attached hydrogens (tertiary/aromatic N) is 1. The van der Waals surface area contributed by atoms with E-state index < -0.39 is 11.6 Å². The summed E-state index contributed by atoms with van der Waals surface area (Å²) in [5, 5.41) is 0. The number of anilines is 1. The molecule has 0 unspecified atom stereocenters. The van der Waals surface area contributed by atoms with E-state index in [1.165, 1.54) is 4.90 Å². The van der Waals surface area contributed by atoms with Crippen LogP contribution in [0.2, 0.25) is 0 Å². The smallest absolute Gasteiger partial charge is 0.227 e. The Morgan fingerprint density at radius 2 is 1.88 bits per heavy atom. The Balaban J connectivity index is 2.33. The summed E-state index contributed by atoms with van der Waals surface area (Å²) in [6.07, 6.45) is 0.438. The van der Waals surface area contributed by atoms with Crippen LogP contribution in [-0.2, 0) is 11.2 Å². The molecule has 0 N–H and O–H groups in total. The second kappa shape index (κ2) is 3.35. The van der Waals surface area contributed by atoms with Crippen molar-refractivity contribution in [1.29, 1.82) is 0 Å². The zero-order chi connectivity index (χ0) is 12.2. The lowest BCUT2D eigenvalue weighted by molar-refractivity contribution is -0.118. The second-order valence-electron chi connectivity index (χ2n) is 4.27. The van der Waals surface area contributed by atoms with E-state index in [0.29, 0.717) is 6.54 Å². The van der Waals surface area contributed by atoms with Crippen LogP contribution in [-0.4, -0.2) is 18.2 Å². The molecule has 1 amide bonds. The predicted octanol–water partition coefficient (Wildman–Crippen LogP) is 1.83. The van der Waals surface area contributed by atoms with Crippen molar-refractivity contribution in [1.82, 2.24) is 0 Å². The van der Waals surface area contributed by atoms with Gasteiger partial charge in [-0.05, 0) is 12.5 Å². The Bertz CT molecular complexity index is 554. The third-order valence-electron chi connectivity index (χ3n) is 3.31. The summed E-state index contributed by atoms with van der Waals surface area (Å²) in [5.74, 6) is -2.43. The van der Waals surface area contributed by atoms with Gasteiger partial charge in [-0.3, -0.25) is 9.59 Å². The third kappa shape index (κ3) is 1.31. The van der Waals surface area contributed by atoms with Crippen LogP contribution in [0, 0.1) is 11.6 Å². The molecule has 0 aromatic heterocycles. The molecular weight excluding hydrogens is 228 g/mol. The van der Waals surface area contributed by atoms with Crippen LogP contribution < -0.4 is 4.90 Å². The van der Waals surface area contributed by atoms with Gasteiger partial charge in [0.25, 0.3) is 0 Å². The maximum atomic E-state index is 13.6. The Morgan fingerprint density at radius 3 is 2.65 bits per heavy atom. The molecule has 5 heteroatoms. The van der Waals surface area contributed by atoms with Crippen LogP contribution in [0.3, 0.4) is 0 Å². The molecule has 88 valence electrons. The maximum absolute atomic E-state index is 13.6. The van der Waals surface area contributed by atoms with Crippen molar-refractivity contribution in [3.8, 4) is 0 Å². The summed E-state index contributed by atoms with van der Waals surface area (Å²) in [6, 6.07) is 0.910. The summed E-state index contributed by atoms with van der Waals surface area (Å²) < 4.78 is 26.9. The van der Waals surface area contributed by atoms with Gasteiger partial charge in [0.2, 0.25) is 5.91 Å². The number of ketones is 1. The van der Waals surface area contributed by atoms with Crippen LogP contribution >= 0.6 is 0 Å². The summed E-state index contributed by atoms with van der Waals surface area (Å²) in [6.45, 7) is 0.328. The minimum Gasteiger partial charge on any atom is -0.311 e. The van der Waals surface area contributed by atoms with Crippen LogP contribution in [0.1, 0.15) is 28.8 Å². The van der Waals surface area contributed by atoms with Gasteiger partial charge in [-0.2, -0.15) is 0 Å². The fourth-order valence-electron chi connectivity index (χ4n) is 2.49. The van der Waals surface area contributed by atoms with Crippen molar-refractivity contribution < 1.29 is 18.4 Å². The average Bonchev–Trinajstić information content (AvgIpc) is 2.70. The number of carbonyl (C=O) groups excluding carboxylic acids is 2. The number of carbonyl (C=O) groups is 2. The molecule has 2 aliphatic heterocycles. The molecule has 1 aromatic rings. The molecule has 0 fully saturated rings. The molecule has 3 rings (SSSR count). The van der Waals surface area contributed by atoms with Crippen molar-refractivity contribution in [3.05, 3.63) is 28.8 Å². The van der Waals surface area contributed by atoms with Gasteiger partial charge in [0.05, 0.1) is 5.69 Å². The monoisotopic (exact) mass is 237 g/mol. The maximum Gasteiger partial charge on any atom is 0.227 e. The SMILES string of the molecule is O=C1CCC(=O)N2CCc3c(F)c(F)cc1c32. The van der Waals surface area contributed by atoms with Gasteiger partial charge < -0.3 is 4.90 Å². The highest BCUT2D eigenvalue weighted by molar-refractivity contribution is 6.11. The highest BCUT2D eigenvalue weighted by Gasteiger charge is 2.35. The van der Waals surface area contributed by atoms with Crippen molar-refractivity contribution in [2.45, 2.75) is 19.3 Å². The zero-order valence-corrected chi connectivity index (χ0v) is 8.93. The number of hydrogen-bond donors (Lipinski definition) is 0. The largest absolute Gasteiger partial charge is 0.311 e. The quantitative estimate of drug-likeness (QED) is 0.690. The van der Waals surface area contributed by atoms with Crippen LogP contribution in [0.25, 0.3) is 0 Å². The number of hydrogen-bond acceptors (Lipinski definition) is 2. The van der Waals surface area contributed by atoms with Crippen molar-refractivity contribution in [3.63, 3.8) is 0 Å². The van der Waals surface area contributed by atoms with E-state index in [1.54, 1.807) is 0 Å². The van der Waals surface area contributed by atoms with Gasteiger partial charge in [0.15, 0.2) is 17.4 Å². The molecule has 0 radical (unpaired) electrons. The summed E-state index contributed by atoms with van der Waals surface area (Å²) in [4.78, 5) is 24.9. The molecule has 3 nitrogen and oxygen atoms in total. The third-order valence-corrected chi connectivity index (χ3v) is 3.31. The predicted molar refractivity (Wildman–Crippen MR) is 56.0 cm³/mol. The molecule has 17 heavy (non-hydrogen) atoms. The van der Waals surface area contributed by atoms with E-state index >= 15 is 0 Å². The number of rotatable bonds is 0. The fraction of sp³-hybridized carbons (Fsp3) is 0.333. The standard InChI is InChI=1S/C12H9F2NO2/c13-8-5-7-9(16)1-2-10(17)15-4-3-6(11(8)14)12(7)15/h5H,1-4H2. The first-order chi connectivity index (χ1) is 8.09. The van der Waals surface area contributed by atoms with E-state index in [1.807, 2.05) is 0 Å². The van der Waals surface area contributed by atoms with Crippen LogP contribution in [0.15, 0.2) is 6.07 Å². The lowest BCUT2D eigenvalue weighted by atomic mass is 10.0. The normalized spacial score (nSPS) is 18.4. The first kappa shape index (κ1) is 10.4. The Hall–Kier alpha value is -1.78. The molecule has 2 aliphatic rings. The fourth-order valence-corrected chi connectivity index (χ4v) is 2.49. The molecule has 2 heterocycles. The molecule has 0 bridgehead atoms. The zero-order valence-electron chi connectivity index (χ0n) is 8.93. The molecule has 0 spiro atoms. The van der Waals surface area contributed by atoms with Gasteiger partial charge in [0, 0.05) is 30.5 Å². The van der Waals surface area contributed by atoms with E-state index in [-0.39, 0.29) is 47.8 Å². The van der Waals surface area contributed by atoms with E-state index in [0.717, 1.165) is 6.07 Å². The Kier molecular flexibility index (Phi) is 2.05. The summed E-state index contributed by atoms with van der Waals surface area (Å²) in [5.41, 5.74) is 0.585. The highest BCUT2D eigenvalue weighted by atomic mass is 19.2. The summed E-state index contributed by atoms with van der Waals surface area (Å²) in [7, 11) is 0. The van der Waals surface area contributed by atoms with Gasteiger partial charge in [0.1, 0.15) is 0 Å². The van der Waals surface area contributed by atoms with Crippen molar-refractivity contribution in [2.24, 2.45) is 0 Å². The topological polar surface area (TPSA) is 37.4 Å². The molecule has 1 aromatic carbocycles. The van der Waals surface area contributed by atoms with Gasteiger partial charge in [-0.15, -0.1) is 0 Å². The first-order valence-electron chi connectivity index (χ1n) is 5.44. The molecule has 0 saturated heterocycles. The van der Waals surface area contributed by atoms with E-state index in [2.05, 4.69) is 0 Å². The number of amides is 1. The van der Waals surface area contributed by atoms with Crippen molar-refractivity contribution in [2.75, 3.05) is 11.4 Å². The lowest BCUT2D eigenvalue weighted by Gasteiger charge is -2.16. The van der Waals surface area contributed by atoms with Crippen LogP contribution in [0.4, 0.5) is 14.5 Å². The van der Waals surface area contributed by atoms with E-state index in [4.69, 9.17) is 0 Å². The first-order valence-corrected chi connectivity index (χ1v) is 5.44. The number of benzene rings is 1. The second-order valence-corrected chi connectivity index (χ2v) is 4.27. The van der Waals surface area contributed by atoms with Crippen LogP contribution in [0.5, 0.6) is 0 Å². The minimum absolute atomic E-state index is 0.0623. The minimum atomic E-state index is -1.01. The number of halogens is 2. The number of Topliss-reactive ketones (excluding diaryl/α,β-unsaturated/α-hetero) is 1. The van der Waals surface area contributed by atoms with E-state index in [9.17, 15) is 18.4 Å². The van der Waals surface area contributed by atoms with Gasteiger partial charge in [-0.25, -0.2) is 8.78 Å².